The lowest BCUT2D eigenvalue weighted by atomic mass is 9.83. The van der Waals surface area contributed by atoms with Crippen LogP contribution in [-0.4, -0.2) is 12.9 Å². The summed E-state index contributed by atoms with van der Waals surface area (Å²) in [6.45, 7) is 1.90. The number of benzene rings is 2. The molecule has 122 valence electrons. The number of para-hydroxylation sites is 1. The van der Waals surface area contributed by atoms with Crippen molar-refractivity contribution in [1.82, 2.24) is 0 Å². The third-order valence-corrected chi connectivity index (χ3v) is 4.67. The molecule has 0 amide bonds. The van der Waals surface area contributed by atoms with Crippen LogP contribution in [0.25, 0.3) is 11.0 Å². The Labute approximate surface area is 139 Å². The first kappa shape index (κ1) is 15.0. The number of ether oxygens (including phenoxy) is 2. The lowest BCUT2D eigenvalue weighted by Gasteiger charge is -2.38. The summed E-state index contributed by atoms with van der Waals surface area (Å²) in [5.41, 5.74) is 1.78. The monoisotopic (exact) mass is 322 g/mol. The molecule has 3 aromatic rings. The summed E-state index contributed by atoms with van der Waals surface area (Å²) in [7, 11) is 1.63. The Hall–Kier alpha value is -2.59. The number of rotatable bonds is 2. The van der Waals surface area contributed by atoms with E-state index in [-0.39, 0.29) is 11.5 Å². The van der Waals surface area contributed by atoms with Gasteiger partial charge in [-0.15, -0.1) is 0 Å². The molecule has 2 unspecified atom stereocenters. The maximum absolute atomic E-state index is 12.7. The lowest BCUT2D eigenvalue weighted by molar-refractivity contribution is -0.163. The van der Waals surface area contributed by atoms with Gasteiger partial charge in [0, 0.05) is 26.4 Å². The molecule has 1 aliphatic rings. The van der Waals surface area contributed by atoms with Gasteiger partial charge in [-0.2, -0.15) is 0 Å². The minimum absolute atomic E-state index is 0.138. The van der Waals surface area contributed by atoms with E-state index in [2.05, 4.69) is 0 Å². The minimum Gasteiger partial charge on any atom is -0.461 e. The van der Waals surface area contributed by atoms with E-state index in [1.54, 1.807) is 13.2 Å². The quantitative estimate of drug-likeness (QED) is 0.667. The molecule has 2 atom stereocenters. The van der Waals surface area contributed by atoms with Gasteiger partial charge in [0.2, 0.25) is 5.79 Å². The molecule has 1 aliphatic heterocycles. The number of methoxy groups -OCH3 is 1. The molecule has 0 saturated carbocycles. The maximum atomic E-state index is 12.7. The predicted molar refractivity (Wildman–Crippen MR) is 91.4 cm³/mol. The average Bonchev–Trinajstić information content (AvgIpc) is 2.62. The summed E-state index contributed by atoms with van der Waals surface area (Å²) in [6, 6.07) is 17.4. The molecule has 4 rings (SSSR count). The number of hydrogen-bond donors (Lipinski definition) is 0. The van der Waals surface area contributed by atoms with E-state index in [0.29, 0.717) is 23.3 Å². The van der Waals surface area contributed by atoms with Crippen molar-refractivity contribution in [2.45, 2.75) is 25.0 Å². The summed E-state index contributed by atoms with van der Waals surface area (Å²) < 4.78 is 17.3. The zero-order chi connectivity index (χ0) is 16.7. The molecule has 0 spiro atoms. The molecular formula is C20H18O4. The second-order valence-corrected chi connectivity index (χ2v) is 6.24. The van der Waals surface area contributed by atoms with Crippen LogP contribution in [0.15, 0.2) is 63.8 Å². The summed E-state index contributed by atoms with van der Waals surface area (Å²) in [6.07, 6.45) is 0.545. The summed E-state index contributed by atoms with van der Waals surface area (Å²) >= 11 is 0. The summed E-state index contributed by atoms with van der Waals surface area (Å²) in [5, 5.41) is 0.788. The largest absolute Gasteiger partial charge is 0.461 e. The van der Waals surface area contributed by atoms with Gasteiger partial charge in [0.15, 0.2) is 0 Å². The van der Waals surface area contributed by atoms with E-state index in [9.17, 15) is 4.79 Å². The molecule has 0 radical (unpaired) electrons. The third kappa shape index (κ3) is 2.31. The van der Waals surface area contributed by atoms with E-state index in [0.717, 1.165) is 10.9 Å². The Bertz CT molecular complexity index is 945. The zero-order valence-electron chi connectivity index (χ0n) is 13.6. The fourth-order valence-corrected chi connectivity index (χ4v) is 3.37. The average molecular weight is 322 g/mol. The van der Waals surface area contributed by atoms with Crippen molar-refractivity contribution < 1.29 is 13.9 Å². The van der Waals surface area contributed by atoms with E-state index < -0.39 is 5.79 Å². The van der Waals surface area contributed by atoms with Gasteiger partial charge in [-0.3, -0.25) is 0 Å². The van der Waals surface area contributed by atoms with Gasteiger partial charge in [0.05, 0.1) is 10.9 Å². The van der Waals surface area contributed by atoms with Crippen molar-refractivity contribution in [3.8, 4) is 5.75 Å². The normalized spacial score (nSPS) is 22.8. The van der Waals surface area contributed by atoms with Gasteiger partial charge in [-0.05, 0) is 17.7 Å². The second-order valence-electron chi connectivity index (χ2n) is 6.24. The highest BCUT2D eigenvalue weighted by Gasteiger charge is 2.41. The molecule has 2 heterocycles. The summed E-state index contributed by atoms with van der Waals surface area (Å²) in [4.78, 5) is 12.7. The predicted octanol–water partition coefficient (Wildman–Crippen LogP) is 4.07. The Morgan fingerprint density at radius 1 is 1.08 bits per heavy atom. The van der Waals surface area contributed by atoms with E-state index in [1.807, 2.05) is 55.5 Å². The Kier molecular flexibility index (Phi) is 3.43. The van der Waals surface area contributed by atoms with E-state index >= 15 is 0 Å². The van der Waals surface area contributed by atoms with Crippen molar-refractivity contribution in [2.24, 2.45) is 0 Å². The van der Waals surface area contributed by atoms with Crippen molar-refractivity contribution in [3.63, 3.8) is 0 Å². The number of hydrogen-bond acceptors (Lipinski definition) is 4. The van der Waals surface area contributed by atoms with Crippen molar-refractivity contribution >= 4 is 11.0 Å². The van der Waals surface area contributed by atoms with Crippen LogP contribution in [-0.2, 0) is 4.74 Å². The van der Waals surface area contributed by atoms with Crippen LogP contribution in [0.5, 0.6) is 5.75 Å². The molecular weight excluding hydrogens is 304 g/mol. The number of fused-ring (bicyclic) bond motifs is 3. The standard InChI is InChI=1S/C20H18O4/c1-20(22-2)12-15(13-8-4-3-5-9-13)17-18(24-20)14-10-6-7-11-16(14)23-19(17)21/h3-11,15H,12H2,1-2H3. The molecule has 0 aliphatic carbocycles. The first-order valence-electron chi connectivity index (χ1n) is 7.96. The van der Waals surface area contributed by atoms with Gasteiger partial charge in [0.25, 0.3) is 0 Å². The SMILES string of the molecule is COC1(C)CC(c2ccccc2)c2c(c3ccccc3oc2=O)O1. The molecule has 4 heteroatoms. The first-order chi connectivity index (χ1) is 11.6. The van der Waals surface area contributed by atoms with Gasteiger partial charge in [-0.25, -0.2) is 4.79 Å². The van der Waals surface area contributed by atoms with Crippen LogP contribution in [0, 0.1) is 0 Å². The van der Waals surface area contributed by atoms with E-state index in [1.165, 1.54) is 0 Å². The molecule has 1 aromatic heterocycles. The molecule has 0 saturated heterocycles. The van der Waals surface area contributed by atoms with Gasteiger partial charge in [-0.1, -0.05) is 42.5 Å². The van der Waals surface area contributed by atoms with Crippen molar-refractivity contribution in [2.75, 3.05) is 7.11 Å². The minimum atomic E-state index is -0.802. The van der Waals surface area contributed by atoms with Crippen molar-refractivity contribution in [3.05, 3.63) is 76.1 Å². The molecule has 24 heavy (non-hydrogen) atoms. The topological polar surface area (TPSA) is 48.7 Å². The maximum Gasteiger partial charge on any atom is 0.343 e. The second kappa shape index (κ2) is 5.49. The molecule has 2 aromatic carbocycles. The highest BCUT2D eigenvalue weighted by molar-refractivity contribution is 5.85. The Morgan fingerprint density at radius 2 is 1.79 bits per heavy atom. The van der Waals surface area contributed by atoms with Crippen LogP contribution < -0.4 is 10.4 Å². The molecule has 4 nitrogen and oxygen atoms in total. The van der Waals surface area contributed by atoms with Gasteiger partial charge >= 0.3 is 5.63 Å². The highest BCUT2D eigenvalue weighted by atomic mass is 16.7. The zero-order valence-corrected chi connectivity index (χ0v) is 13.6. The molecule has 0 fully saturated rings. The van der Waals surface area contributed by atoms with E-state index in [4.69, 9.17) is 13.9 Å². The van der Waals surface area contributed by atoms with Gasteiger partial charge < -0.3 is 13.9 Å². The lowest BCUT2D eigenvalue weighted by Crippen LogP contribution is -2.41. The van der Waals surface area contributed by atoms with Gasteiger partial charge in [0.1, 0.15) is 11.3 Å². The Balaban J connectivity index is 2.03. The van der Waals surface area contributed by atoms with Crippen LogP contribution in [0.4, 0.5) is 0 Å². The highest BCUT2D eigenvalue weighted by Crippen LogP contribution is 2.45. The fourth-order valence-electron chi connectivity index (χ4n) is 3.37. The molecule has 0 N–H and O–H groups in total. The fraction of sp³-hybridized carbons (Fsp3) is 0.250. The van der Waals surface area contributed by atoms with Crippen LogP contribution >= 0.6 is 0 Å². The van der Waals surface area contributed by atoms with Crippen LogP contribution in [0.1, 0.15) is 30.4 Å². The third-order valence-electron chi connectivity index (χ3n) is 4.67. The summed E-state index contributed by atoms with van der Waals surface area (Å²) in [5.74, 6) is -0.378. The van der Waals surface area contributed by atoms with Crippen molar-refractivity contribution in [1.29, 1.82) is 0 Å². The molecule has 0 bridgehead atoms. The smallest absolute Gasteiger partial charge is 0.343 e. The van der Waals surface area contributed by atoms with Crippen LogP contribution in [0.3, 0.4) is 0 Å². The van der Waals surface area contributed by atoms with Crippen LogP contribution in [0.2, 0.25) is 0 Å². The first-order valence-corrected chi connectivity index (χ1v) is 7.96. The Morgan fingerprint density at radius 3 is 2.54 bits per heavy atom.